The van der Waals surface area contributed by atoms with Gasteiger partial charge in [-0.1, -0.05) is 6.07 Å². The van der Waals surface area contributed by atoms with E-state index in [4.69, 9.17) is 0 Å². The molecule has 0 unspecified atom stereocenters. The summed E-state index contributed by atoms with van der Waals surface area (Å²) in [5.41, 5.74) is 1.24. The lowest BCUT2D eigenvalue weighted by molar-refractivity contribution is 0.472. The fraction of sp³-hybridized carbons (Fsp3) is 0.0909. The zero-order valence-corrected chi connectivity index (χ0v) is 10.1. The molecule has 16 heavy (non-hydrogen) atoms. The summed E-state index contributed by atoms with van der Waals surface area (Å²) in [5.74, 6) is 0.146. The maximum absolute atomic E-state index is 11.2. The topological polar surface area (TPSA) is 55.1 Å². The molecule has 2 aromatic rings. The van der Waals surface area contributed by atoms with Gasteiger partial charge in [-0.25, -0.2) is 4.68 Å². The van der Waals surface area contributed by atoms with Gasteiger partial charge in [-0.3, -0.25) is 4.79 Å². The van der Waals surface area contributed by atoms with Crippen LogP contribution in [-0.4, -0.2) is 14.9 Å². The Labute approximate surface area is 100 Å². The maximum atomic E-state index is 11.2. The third-order valence-corrected chi connectivity index (χ3v) is 2.87. The molecule has 1 aromatic heterocycles. The molecule has 0 atom stereocenters. The van der Waals surface area contributed by atoms with Gasteiger partial charge in [0.2, 0.25) is 0 Å². The lowest BCUT2D eigenvalue weighted by Crippen LogP contribution is -2.18. The van der Waals surface area contributed by atoms with E-state index in [0.717, 1.165) is 5.56 Å². The first-order chi connectivity index (χ1) is 7.58. The van der Waals surface area contributed by atoms with Gasteiger partial charge in [0.05, 0.1) is 10.2 Å². The molecule has 0 aliphatic carbocycles. The third kappa shape index (κ3) is 1.99. The van der Waals surface area contributed by atoms with Crippen molar-refractivity contribution < 1.29 is 5.11 Å². The molecule has 0 radical (unpaired) electrons. The summed E-state index contributed by atoms with van der Waals surface area (Å²) in [6.45, 7) is 0. The van der Waals surface area contributed by atoms with Gasteiger partial charge in [-0.15, -0.1) is 0 Å². The predicted molar refractivity (Wildman–Crippen MR) is 64.3 cm³/mol. The largest absolute Gasteiger partial charge is 0.507 e. The smallest absolute Gasteiger partial charge is 0.266 e. The van der Waals surface area contributed by atoms with E-state index in [2.05, 4.69) is 21.0 Å². The minimum atomic E-state index is -0.162. The Bertz CT molecular complexity index is 593. The highest BCUT2D eigenvalue weighted by Crippen LogP contribution is 2.28. The fourth-order valence-electron chi connectivity index (χ4n) is 1.33. The van der Waals surface area contributed by atoms with Crippen molar-refractivity contribution in [2.75, 3.05) is 0 Å². The van der Waals surface area contributed by atoms with Crippen molar-refractivity contribution in [1.29, 1.82) is 0 Å². The first-order valence-electron chi connectivity index (χ1n) is 4.61. The van der Waals surface area contributed by atoms with Crippen LogP contribution in [0.15, 0.2) is 39.6 Å². The van der Waals surface area contributed by atoms with E-state index in [9.17, 15) is 9.90 Å². The fourth-order valence-corrected chi connectivity index (χ4v) is 1.57. The average Bonchev–Trinajstić information content (AvgIpc) is 2.26. The van der Waals surface area contributed by atoms with E-state index < -0.39 is 0 Å². The number of phenols is 1. The molecule has 0 saturated heterocycles. The molecule has 0 aliphatic heterocycles. The Morgan fingerprint density at radius 2 is 2.06 bits per heavy atom. The van der Waals surface area contributed by atoms with Crippen molar-refractivity contribution in [2.24, 2.45) is 7.05 Å². The second kappa shape index (κ2) is 4.09. The zero-order valence-electron chi connectivity index (χ0n) is 8.51. The van der Waals surface area contributed by atoms with Crippen LogP contribution in [0.5, 0.6) is 5.75 Å². The summed E-state index contributed by atoms with van der Waals surface area (Å²) < 4.78 is 1.88. The minimum absolute atomic E-state index is 0.146. The third-order valence-electron chi connectivity index (χ3n) is 2.20. The Balaban J connectivity index is 2.54. The van der Waals surface area contributed by atoms with Crippen LogP contribution < -0.4 is 5.56 Å². The van der Waals surface area contributed by atoms with Crippen molar-refractivity contribution in [2.45, 2.75) is 0 Å². The summed E-state index contributed by atoms with van der Waals surface area (Å²) in [6, 6.07) is 8.22. The minimum Gasteiger partial charge on any atom is -0.507 e. The molecule has 0 amide bonds. The normalized spacial score (nSPS) is 10.4. The van der Waals surface area contributed by atoms with Crippen LogP contribution >= 0.6 is 15.9 Å². The van der Waals surface area contributed by atoms with Gasteiger partial charge in [0.15, 0.2) is 0 Å². The molecule has 0 spiro atoms. The predicted octanol–water partition coefficient (Wildman–Crippen LogP) is 1.92. The lowest BCUT2D eigenvalue weighted by Gasteiger charge is -2.04. The summed E-state index contributed by atoms with van der Waals surface area (Å²) in [6.07, 6.45) is 0. The van der Waals surface area contributed by atoms with Gasteiger partial charge < -0.3 is 5.11 Å². The van der Waals surface area contributed by atoms with Crippen molar-refractivity contribution in [1.82, 2.24) is 9.78 Å². The van der Waals surface area contributed by atoms with Crippen LogP contribution in [0.25, 0.3) is 11.3 Å². The Kier molecular flexibility index (Phi) is 2.78. The Hall–Kier alpha value is -1.62. The number of phenolic OH excluding ortho intramolecular Hbond substituents is 1. The highest BCUT2D eigenvalue weighted by molar-refractivity contribution is 9.10. The summed E-state index contributed by atoms with van der Waals surface area (Å²) in [4.78, 5) is 11.2. The molecule has 1 heterocycles. The van der Waals surface area contributed by atoms with Crippen LogP contribution in [0.1, 0.15) is 0 Å². The highest BCUT2D eigenvalue weighted by Gasteiger charge is 2.04. The number of aryl methyl sites for hydroxylation is 1. The second-order valence-corrected chi connectivity index (χ2v) is 4.20. The molecule has 0 saturated carbocycles. The second-order valence-electron chi connectivity index (χ2n) is 3.35. The van der Waals surface area contributed by atoms with E-state index in [0.29, 0.717) is 10.2 Å². The summed E-state index contributed by atoms with van der Waals surface area (Å²) in [5, 5.41) is 13.6. The maximum Gasteiger partial charge on any atom is 0.266 e. The van der Waals surface area contributed by atoms with Crippen LogP contribution in [-0.2, 0) is 7.05 Å². The van der Waals surface area contributed by atoms with Crippen LogP contribution in [0.3, 0.4) is 0 Å². The van der Waals surface area contributed by atoms with Crippen LogP contribution in [0.2, 0.25) is 0 Å². The van der Waals surface area contributed by atoms with Gasteiger partial charge >= 0.3 is 0 Å². The number of nitrogens with zero attached hydrogens (tertiary/aromatic N) is 2. The van der Waals surface area contributed by atoms with Crippen LogP contribution in [0, 0.1) is 0 Å². The lowest BCUT2D eigenvalue weighted by atomic mass is 10.1. The van der Waals surface area contributed by atoms with E-state index in [1.165, 1.54) is 10.7 Å². The number of hydrogen-bond donors (Lipinski definition) is 1. The average molecular weight is 281 g/mol. The number of benzene rings is 1. The molecule has 5 heteroatoms. The van der Waals surface area contributed by atoms with Gasteiger partial charge in [0, 0.05) is 18.7 Å². The molecule has 1 N–H and O–H groups in total. The number of hydrogen-bond acceptors (Lipinski definition) is 3. The summed E-state index contributed by atoms with van der Waals surface area (Å²) >= 11 is 3.20. The number of aromatic hydroxyl groups is 1. The van der Waals surface area contributed by atoms with E-state index in [-0.39, 0.29) is 11.3 Å². The Morgan fingerprint density at radius 3 is 2.69 bits per heavy atom. The van der Waals surface area contributed by atoms with Crippen molar-refractivity contribution >= 4 is 15.9 Å². The molecular formula is C11H9BrN2O2. The SMILES string of the molecule is Cn1nc(-c2ccc(Br)c(O)c2)ccc1=O. The van der Waals surface area contributed by atoms with Gasteiger partial charge in [0.25, 0.3) is 5.56 Å². The highest BCUT2D eigenvalue weighted by atomic mass is 79.9. The quantitative estimate of drug-likeness (QED) is 0.868. The molecule has 0 bridgehead atoms. The molecule has 82 valence electrons. The summed E-state index contributed by atoms with van der Waals surface area (Å²) in [7, 11) is 1.59. The van der Waals surface area contributed by atoms with Crippen LogP contribution in [0.4, 0.5) is 0 Å². The van der Waals surface area contributed by atoms with Gasteiger partial charge in [-0.2, -0.15) is 5.10 Å². The first kappa shape index (κ1) is 10.9. The molecule has 0 fully saturated rings. The number of aromatic nitrogens is 2. The molecule has 1 aromatic carbocycles. The molecular weight excluding hydrogens is 272 g/mol. The van der Waals surface area contributed by atoms with Crippen molar-refractivity contribution in [3.8, 4) is 17.0 Å². The molecule has 2 rings (SSSR count). The van der Waals surface area contributed by atoms with Gasteiger partial charge in [-0.05, 0) is 34.1 Å². The zero-order chi connectivity index (χ0) is 11.7. The van der Waals surface area contributed by atoms with E-state index >= 15 is 0 Å². The standard InChI is InChI=1S/C11H9BrN2O2/c1-14-11(16)5-4-9(13-14)7-2-3-8(12)10(15)6-7/h2-6,15H,1H3. The molecule has 0 aliphatic rings. The number of halogens is 1. The van der Waals surface area contributed by atoms with Crippen molar-refractivity contribution in [3.63, 3.8) is 0 Å². The number of rotatable bonds is 1. The molecule has 4 nitrogen and oxygen atoms in total. The van der Waals surface area contributed by atoms with E-state index in [1.54, 1.807) is 25.2 Å². The van der Waals surface area contributed by atoms with Crippen molar-refractivity contribution in [3.05, 3.63) is 45.2 Å². The first-order valence-corrected chi connectivity index (χ1v) is 5.40. The Morgan fingerprint density at radius 1 is 1.31 bits per heavy atom. The van der Waals surface area contributed by atoms with E-state index in [1.807, 2.05) is 6.07 Å². The monoisotopic (exact) mass is 280 g/mol. The van der Waals surface area contributed by atoms with Gasteiger partial charge in [0.1, 0.15) is 5.75 Å².